The standard InChI is InChI=1S/C11H10ClF2NO/c1-7-5-10(16-2)9(12)6-8(7)11(13,14)3-4-15/h5-6H,3H2,1-2H3. The quantitative estimate of drug-likeness (QED) is 0.814. The number of alkyl halides is 2. The van der Waals surface area contributed by atoms with Crippen LogP contribution in [0.25, 0.3) is 0 Å². The number of nitriles is 1. The van der Waals surface area contributed by atoms with Gasteiger partial charge in [-0.15, -0.1) is 0 Å². The van der Waals surface area contributed by atoms with Crippen molar-refractivity contribution < 1.29 is 13.5 Å². The van der Waals surface area contributed by atoms with Crippen molar-refractivity contribution in [1.82, 2.24) is 0 Å². The zero-order valence-corrected chi connectivity index (χ0v) is 9.61. The molecule has 0 amide bonds. The highest BCUT2D eigenvalue weighted by Gasteiger charge is 2.33. The highest BCUT2D eigenvalue weighted by atomic mass is 35.5. The minimum absolute atomic E-state index is 0.112. The Balaban J connectivity index is 3.26. The van der Waals surface area contributed by atoms with Crippen LogP contribution in [0.3, 0.4) is 0 Å². The molecular formula is C11H10ClF2NO. The van der Waals surface area contributed by atoms with Gasteiger partial charge in [0.05, 0.1) is 18.2 Å². The van der Waals surface area contributed by atoms with E-state index in [1.54, 1.807) is 0 Å². The van der Waals surface area contributed by atoms with E-state index < -0.39 is 12.3 Å². The molecule has 86 valence electrons. The van der Waals surface area contributed by atoms with Crippen molar-refractivity contribution in [3.05, 3.63) is 28.3 Å². The fraction of sp³-hybridized carbons (Fsp3) is 0.364. The summed E-state index contributed by atoms with van der Waals surface area (Å²) in [5.41, 5.74) is 0.112. The minimum atomic E-state index is -3.19. The van der Waals surface area contributed by atoms with E-state index in [0.717, 1.165) is 6.07 Å². The van der Waals surface area contributed by atoms with Crippen LogP contribution >= 0.6 is 11.6 Å². The molecule has 0 radical (unpaired) electrons. The molecule has 5 heteroatoms. The molecule has 0 aliphatic carbocycles. The molecule has 0 aliphatic rings. The lowest BCUT2D eigenvalue weighted by molar-refractivity contribution is 0.000299. The molecule has 0 bridgehead atoms. The third-order valence-electron chi connectivity index (χ3n) is 2.19. The second kappa shape index (κ2) is 4.67. The Morgan fingerprint density at radius 1 is 1.50 bits per heavy atom. The molecule has 0 saturated carbocycles. The number of ether oxygens (including phenoxy) is 1. The summed E-state index contributed by atoms with van der Waals surface area (Å²) in [5, 5.41) is 8.45. The number of aryl methyl sites for hydroxylation is 1. The second-order valence-electron chi connectivity index (χ2n) is 3.34. The van der Waals surface area contributed by atoms with Crippen LogP contribution in [0.15, 0.2) is 12.1 Å². The first-order chi connectivity index (χ1) is 7.42. The van der Waals surface area contributed by atoms with Crippen molar-refractivity contribution in [3.8, 4) is 11.8 Å². The Hall–Kier alpha value is -1.34. The monoisotopic (exact) mass is 245 g/mol. The van der Waals surface area contributed by atoms with Gasteiger partial charge in [0.25, 0.3) is 5.92 Å². The average molecular weight is 246 g/mol. The van der Waals surface area contributed by atoms with Gasteiger partial charge in [-0.25, -0.2) is 8.78 Å². The molecule has 1 aromatic carbocycles. The molecule has 0 atom stereocenters. The summed E-state index contributed by atoms with van der Waals surface area (Å²) in [4.78, 5) is 0. The van der Waals surface area contributed by atoms with E-state index in [1.165, 1.54) is 26.2 Å². The van der Waals surface area contributed by atoms with Gasteiger partial charge in [0.1, 0.15) is 12.2 Å². The third-order valence-corrected chi connectivity index (χ3v) is 2.49. The number of methoxy groups -OCH3 is 1. The van der Waals surface area contributed by atoms with Gasteiger partial charge in [0.2, 0.25) is 0 Å². The third kappa shape index (κ3) is 2.42. The summed E-state index contributed by atoms with van der Waals surface area (Å²) in [6.45, 7) is 1.53. The molecule has 16 heavy (non-hydrogen) atoms. The van der Waals surface area contributed by atoms with Crippen molar-refractivity contribution in [2.45, 2.75) is 19.3 Å². The Labute approximate surface area is 97.4 Å². The first-order valence-electron chi connectivity index (χ1n) is 4.51. The van der Waals surface area contributed by atoms with Crippen molar-refractivity contribution in [3.63, 3.8) is 0 Å². The second-order valence-corrected chi connectivity index (χ2v) is 3.75. The van der Waals surface area contributed by atoms with Crippen molar-refractivity contribution in [2.24, 2.45) is 0 Å². The Bertz CT molecular complexity index is 440. The van der Waals surface area contributed by atoms with Crippen LogP contribution in [0.4, 0.5) is 8.78 Å². The minimum Gasteiger partial charge on any atom is -0.495 e. The lowest BCUT2D eigenvalue weighted by Gasteiger charge is -2.17. The van der Waals surface area contributed by atoms with Gasteiger partial charge in [-0.3, -0.25) is 0 Å². The van der Waals surface area contributed by atoms with Crippen molar-refractivity contribution >= 4 is 11.6 Å². The predicted octanol–water partition coefficient (Wildman–Crippen LogP) is 3.66. The molecule has 1 aromatic rings. The fourth-order valence-corrected chi connectivity index (χ4v) is 1.64. The van der Waals surface area contributed by atoms with Crippen LogP contribution in [-0.4, -0.2) is 7.11 Å². The lowest BCUT2D eigenvalue weighted by atomic mass is 10.0. The Morgan fingerprint density at radius 3 is 2.62 bits per heavy atom. The number of halogens is 3. The summed E-state index contributed by atoms with van der Waals surface area (Å²) in [7, 11) is 1.41. The zero-order chi connectivity index (χ0) is 12.3. The summed E-state index contributed by atoms with van der Waals surface area (Å²) in [5.74, 6) is -2.84. The molecule has 1 rings (SSSR count). The van der Waals surface area contributed by atoms with Crippen LogP contribution in [-0.2, 0) is 5.92 Å². The van der Waals surface area contributed by atoms with Crippen LogP contribution in [0.2, 0.25) is 5.02 Å². The lowest BCUT2D eigenvalue weighted by Crippen LogP contribution is -2.14. The fourth-order valence-electron chi connectivity index (χ4n) is 1.40. The molecular weight excluding hydrogens is 236 g/mol. The van der Waals surface area contributed by atoms with E-state index in [9.17, 15) is 8.78 Å². The Morgan fingerprint density at radius 2 is 2.12 bits per heavy atom. The van der Waals surface area contributed by atoms with E-state index in [4.69, 9.17) is 21.6 Å². The maximum Gasteiger partial charge on any atom is 0.286 e. The van der Waals surface area contributed by atoms with Crippen LogP contribution in [0.1, 0.15) is 17.5 Å². The highest BCUT2D eigenvalue weighted by Crippen LogP contribution is 2.38. The van der Waals surface area contributed by atoms with Gasteiger partial charge in [-0.1, -0.05) is 11.6 Å². The largest absolute Gasteiger partial charge is 0.495 e. The maximum atomic E-state index is 13.5. The normalized spacial score (nSPS) is 11.0. The van der Waals surface area contributed by atoms with Gasteiger partial charge >= 0.3 is 0 Å². The van der Waals surface area contributed by atoms with Gasteiger partial charge in [-0.05, 0) is 24.6 Å². The van der Waals surface area contributed by atoms with E-state index in [1.807, 2.05) is 0 Å². The summed E-state index contributed by atoms with van der Waals surface area (Å²) in [6, 6.07) is 4.04. The average Bonchev–Trinajstić information content (AvgIpc) is 2.20. The molecule has 0 aliphatic heterocycles. The van der Waals surface area contributed by atoms with Gasteiger partial charge in [0.15, 0.2) is 0 Å². The smallest absolute Gasteiger partial charge is 0.286 e. The molecule has 2 nitrogen and oxygen atoms in total. The van der Waals surface area contributed by atoms with E-state index in [0.29, 0.717) is 11.3 Å². The topological polar surface area (TPSA) is 33.0 Å². The highest BCUT2D eigenvalue weighted by molar-refractivity contribution is 6.32. The van der Waals surface area contributed by atoms with Gasteiger partial charge < -0.3 is 4.74 Å². The maximum absolute atomic E-state index is 13.5. The summed E-state index contributed by atoms with van der Waals surface area (Å²) < 4.78 is 31.9. The van der Waals surface area contributed by atoms with Crippen LogP contribution in [0.5, 0.6) is 5.75 Å². The van der Waals surface area contributed by atoms with Crippen molar-refractivity contribution in [1.29, 1.82) is 5.26 Å². The summed E-state index contributed by atoms with van der Waals surface area (Å²) in [6.07, 6.45) is -0.865. The van der Waals surface area contributed by atoms with Gasteiger partial charge in [-0.2, -0.15) is 5.26 Å². The first kappa shape index (κ1) is 12.7. The van der Waals surface area contributed by atoms with E-state index >= 15 is 0 Å². The predicted molar refractivity (Wildman–Crippen MR) is 56.9 cm³/mol. The molecule has 0 fully saturated rings. The first-order valence-corrected chi connectivity index (χ1v) is 4.89. The number of hydrogen-bond donors (Lipinski definition) is 0. The number of rotatable bonds is 3. The van der Waals surface area contributed by atoms with Gasteiger partial charge in [0, 0.05) is 5.56 Å². The van der Waals surface area contributed by atoms with Crippen molar-refractivity contribution in [2.75, 3.05) is 7.11 Å². The number of benzene rings is 1. The van der Waals surface area contributed by atoms with E-state index in [-0.39, 0.29) is 10.6 Å². The SMILES string of the molecule is COc1cc(C)c(C(F)(F)CC#N)cc1Cl. The zero-order valence-electron chi connectivity index (χ0n) is 8.85. The van der Waals surface area contributed by atoms with E-state index in [2.05, 4.69) is 0 Å². The molecule has 0 unspecified atom stereocenters. The summed E-state index contributed by atoms with van der Waals surface area (Å²) >= 11 is 5.77. The number of nitrogens with zero attached hydrogens (tertiary/aromatic N) is 1. The molecule has 0 spiro atoms. The molecule has 0 N–H and O–H groups in total. The molecule has 0 aromatic heterocycles. The molecule has 0 saturated heterocycles. The van der Waals surface area contributed by atoms with Crippen LogP contribution in [0, 0.1) is 18.3 Å². The number of hydrogen-bond acceptors (Lipinski definition) is 2. The van der Waals surface area contributed by atoms with Crippen LogP contribution < -0.4 is 4.74 Å². The Kier molecular flexibility index (Phi) is 3.71. The molecule has 0 heterocycles.